The summed E-state index contributed by atoms with van der Waals surface area (Å²) in [6.45, 7) is 0.409. The van der Waals surface area contributed by atoms with Crippen LogP contribution in [-0.2, 0) is 27.6 Å². The summed E-state index contributed by atoms with van der Waals surface area (Å²) >= 11 is 0. The number of nitrogens with one attached hydrogen (secondary N) is 1. The van der Waals surface area contributed by atoms with E-state index < -0.39 is 9.84 Å². The molecule has 0 unspecified atom stereocenters. The molecule has 28 heavy (non-hydrogen) atoms. The maximum Gasteiger partial charge on any atom is 0.220 e. The molecule has 2 heterocycles. The van der Waals surface area contributed by atoms with E-state index in [-0.39, 0.29) is 10.8 Å². The lowest BCUT2D eigenvalue weighted by atomic mass is 10.1. The van der Waals surface area contributed by atoms with Crippen molar-refractivity contribution in [3.05, 3.63) is 78.2 Å². The molecule has 1 aromatic carbocycles. The standard InChI is InChI=1S/C21H21N3O3S/c1-28(26,27)19-8-4-16(5-9-19)7-11-21(25)24-14-17-6-10-20(23-13-17)18-3-2-12-22-15-18/h2-6,8-10,12-13,15H,7,11,14H2,1H3,(H,24,25). The summed E-state index contributed by atoms with van der Waals surface area (Å²) in [6.07, 6.45) is 7.27. The van der Waals surface area contributed by atoms with Gasteiger partial charge in [0.15, 0.2) is 9.84 Å². The lowest BCUT2D eigenvalue weighted by Crippen LogP contribution is -2.23. The molecule has 2 aromatic heterocycles. The molecule has 3 aromatic rings. The molecule has 0 aliphatic heterocycles. The van der Waals surface area contributed by atoms with Gasteiger partial charge < -0.3 is 5.32 Å². The molecular weight excluding hydrogens is 374 g/mol. The summed E-state index contributed by atoms with van der Waals surface area (Å²) in [5, 5.41) is 2.88. The van der Waals surface area contributed by atoms with Crippen molar-refractivity contribution in [2.75, 3.05) is 6.26 Å². The number of hydrogen-bond acceptors (Lipinski definition) is 5. The highest BCUT2D eigenvalue weighted by molar-refractivity contribution is 7.90. The third-order valence-electron chi connectivity index (χ3n) is 4.26. The molecular formula is C21H21N3O3S. The predicted molar refractivity (Wildman–Crippen MR) is 107 cm³/mol. The highest BCUT2D eigenvalue weighted by atomic mass is 32.2. The van der Waals surface area contributed by atoms with Gasteiger partial charge in [-0.25, -0.2) is 8.42 Å². The zero-order valence-corrected chi connectivity index (χ0v) is 16.3. The van der Waals surface area contributed by atoms with Gasteiger partial charge in [0.25, 0.3) is 0 Å². The van der Waals surface area contributed by atoms with Gasteiger partial charge in [-0.3, -0.25) is 14.8 Å². The zero-order chi connectivity index (χ0) is 20.0. The molecule has 0 fully saturated rings. The minimum Gasteiger partial charge on any atom is -0.352 e. The average molecular weight is 395 g/mol. The number of amides is 1. The first-order valence-electron chi connectivity index (χ1n) is 8.83. The second kappa shape index (κ2) is 8.75. The van der Waals surface area contributed by atoms with Crippen molar-refractivity contribution in [3.8, 4) is 11.3 Å². The largest absolute Gasteiger partial charge is 0.352 e. The van der Waals surface area contributed by atoms with Crippen LogP contribution in [0.2, 0.25) is 0 Å². The average Bonchev–Trinajstić information content (AvgIpc) is 2.71. The van der Waals surface area contributed by atoms with E-state index in [9.17, 15) is 13.2 Å². The first kappa shape index (κ1) is 19.7. The number of sulfone groups is 1. The van der Waals surface area contributed by atoms with Gasteiger partial charge in [0.05, 0.1) is 10.6 Å². The third-order valence-corrected chi connectivity index (χ3v) is 5.39. The van der Waals surface area contributed by atoms with Gasteiger partial charge in [0.1, 0.15) is 0 Å². The lowest BCUT2D eigenvalue weighted by Gasteiger charge is -2.07. The zero-order valence-electron chi connectivity index (χ0n) is 15.5. The van der Waals surface area contributed by atoms with Gasteiger partial charge in [-0.05, 0) is 47.9 Å². The van der Waals surface area contributed by atoms with E-state index in [2.05, 4.69) is 15.3 Å². The van der Waals surface area contributed by atoms with Crippen LogP contribution in [0.5, 0.6) is 0 Å². The number of nitrogens with zero attached hydrogens (tertiary/aromatic N) is 2. The monoisotopic (exact) mass is 395 g/mol. The Bertz CT molecular complexity index is 1030. The van der Waals surface area contributed by atoms with Gasteiger partial charge in [-0.2, -0.15) is 0 Å². The Kier molecular flexibility index (Phi) is 6.16. The van der Waals surface area contributed by atoms with Crippen molar-refractivity contribution >= 4 is 15.7 Å². The van der Waals surface area contributed by atoms with Crippen LogP contribution < -0.4 is 5.32 Å². The minimum atomic E-state index is -3.20. The molecule has 0 aliphatic rings. The van der Waals surface area contributed by atoms with Crippen LogP contribution in [-0.4, -0.2) is 30.5 Å². The Labute approximate surface area is 164 Å². The Balaban J connectivity index is 1.48. The molecule has 0 atom stereocenters. The quantitative estimate of drug-likeness (QED) is 0.664. The van der Waals surface area contributed by atoms with Crippen LogP contribution in [0.1, 0.15) is 17.5 Å². The lowest BCUT2D eigenvalue weighted by molar-refractivity contribution is -0.121. The number of hydrogen-bond donors (Lipinski definition) is 1. The summed E-state index contributed by atoms with van der Waals surface area (Å²) in [6, 6.07) is 14.3. The minimum absolute atomic E-state index is 0.0662. The summed E-state index contributed by atoms with van der Waals surface area (Å²) < 4.78 is 22.9. The van der Waals surface area contributed by atoms with Gasteiger partial charge in [0, 0.05) is 43.4 Å². The van der Waals surface area contributed by atoms with Gasteiger partial charge in [-0.1, -0.05) is 18.2 Å². The molecule has 0 saturated heterocycles. The highest BCUT2D eigenvalue weighted by Gasteiger charge is 2.07. The molecule has 0 aliphatic carbocycles. The molecule has 6 nitrogen and oxygen atoms in total. The fourth-order valence-electron chi connectivity index (χ4n) is 2.66. The normalized spacial score (nSPS) is 11.2. The third kappa shape index (κ3) is 5.47. The number of aryl methyl sites for hydroxylation is 1. The smallest absolute Gasteiger partial charge is 0.220 e. The molecule has 3 rings (SSSR count). The topological polar surface area (TPSA) is 89.0 Å². The van der Waals surface area contributed by atoms with Crippen molar-refractivity contribution in [1.29, 1.82) is 0 Å². The molecule has 144 valence electrons. The van der Waals surface area contributed by atoms with Crippen molar-refractivity contribution in [2.45, 2.75) is 24.3 Å². The molecule has 0 spiro atoms. The molecule has 7 heteroatoms. The van der Waals surface area contributed by atoms with E-state index in [1.165, 1.54) is 6.26 Å². The Morgan fingerprint density at radius 2 is 1.75 bits per heavy atom. The van der Waals surface area contributed by atoms with E-state index in [1.807, 2.05) is 24.3 Å². The van der Waals surface area contributed by atoms with Crippen LogP contribution in [0.3, 0.4) is 0 Å². The molecule has 0 saturated carbocycles. The van der Waals surface area contributed by atoms with Gasteiger partial charge in [-0.15, -0.1) is 0 Å². The van der Waals surface area contributed by atoms with Crippen LogP contribution in [0.4, 0.5) is 0 Å². The van der Waals surface area contributed by atoms with Crippen LogP contribution >= 0.6 is 0 Å². The summed E-state index contributed by atoms with van der Waals surface area (Å²) in [4.78, 5) is 20.8. The maximum absolute atomic E-state index is 12.1. The number of rotatable bonds is 7. The van der Waals surface area contributed by atoms with Gasteiger partial charge in [0.2, 0.25) is 5.91 Å². The predicted octanol–water partition coefficient (Wildman–Crippen LogP) is 2.80. The Hall–Kier alpha value is -3.06. The molecule has 1 amide bonds. The Morgan fingerprint density at radius 1 is 1.00 bits per heavy atom. The van der Waals surface area contributed by atoms with Crippen molar-refractivity contribution in [1.82, 2.24) is 15.3 Å². The second-order valence-corrected chi connectivity index (χ2v) is 8.50. The van der Waals surface area contributed by atoms with E-state index in [0.717, 1.165) is 22.4 Å². The van der Waals surface area contributed by atoms with E-state index >= 15 is 0 Å². The van der Waals surface area contributed by atoms with Crippen LogP contribution in [0, 0.1) is 0 Å². The van der Waals surface area contributed by atoms with E-state index in [4.69, 9.17) is 0 Å². The highest BCUT2D eigenvalue weighted by Crippen LogP contribution is 2.15. The number of carbonyl (C=O) groups excluding carboxylic acids is 1. The molecule has 0 radical (unpaired) electrons. The number of benzene rings is 1. The first-order valence-corrected chi connectivity index (χ1v) is 10.7. The van der Waals surface area contributed by atoms with Gasteiger partial charge >= 0.3 is 0 Å². The SMILES string of the molecule is CS(=O)(=O)c1ccc(CCC(=O)NCc2ccc(-c3cccnc3)nc2)cc1. The van der Waals surface area contributed by atoms with Crippen LogP contribution in [0.15, 0.2) is 72.0 Å². The van der Waals surface area contributed by atoms with Crippen molar-refractivity contribution < 1.29 is 13.2 Å². The summed E-state index contributed by atoms with van der Waals surface area (Å²) in [5.41, 5.74) is 3.62. The fraction of sp³-hybridized carbons (Fsp3) is 0.190. The molecule has 0 bridgehead atoms. The Morgan fingerprint density at radius 3 is 2.36 bits per heavy atom. The second-order valence-electron chi connectivity index (χ2n) is 6.49. The van der Waals surface area contributed by atoms with E-state index in [1.54, 1.807) is 42.9 Å². The number of carbonyl (C=O) groups is 1. The van der Waals surface area contributed by atoms with Crippen molar-refractivity contribution in [2.24, 2.45) is 0 Å². The summed E-state index contributed by atoms with van der Waals surface area (Å²) in [7, 11) is -3.20. The number of aromatic nitrogens is 2. The maximum atomic E-state index is 12.1. The molecule has 1 N–H and O–H groups in total. The first-order chi connectivity index (χ1) is 13.4. The number of pyridine rings is 2. The summed E-state index contributed by atoms with van der Waals surface area (Å²) in [5.74, 6) is -0.0662. The fourth-order valence-corrected chi connectivity index (χ4v) is 3.29. The van der Waals surface area contributed by atoms with Crippen LogP contribution in [0.25, 0.3) is 11.3 Å². The van der Waals surface area contributed by atoms with E-state index in [0.29, 0.717) is 19.4 Å². The van der Waals surface area contributed by atoms with Crippen molar-refractivity contribution in [3.63, 3.8) is 0 Å².